The second-order valence-electron chi connectivity index (χ2n) is 6.50. The highest BCUT2D eigenvalue weighted by Gasteiger charge is 2.15. The number of methoxy groups -OCH3 is 1. The van der Waals surface area contributed by atoms with Crippen molar-refractivity contribution in [2.75, 3.05) is 13.7 Å². The monoisotopic (exact) mass is 360 g/mol. The van der Waals surface area contributed by atoms with Crippen LogP contribution in [-0.2, 0) is 11.3 Å². The molecule has 0 saturated heterocycles. The maximum absolute atomic E-state index is 12.4. The standard InChI is InChI=1S/C21H20N4O2/c1-14-22-21-20(25(14)13-15-6-4-3-5-7-15)17-12-16(19(26)10-11-27-2)8-9-18(17)23-24-21/h3-9,12H,10-11,13H2,1-2H3. The van der Waals surface area contributed by atoms with E-state index in [0.717, 1.165) is 22.2 Å². The van der Waals surface area contributed by atoms with E-state index in [-0.39, 0.29) is 5.78 Å². The summed E-state index contributed by atoms with van der Waals surface area (Å²) in [5.41, 5.74) is 4.08. The van der Waals surface area contributed by atoms with Gasteiger partial charge in [-0.05, 0) is 30.7 Å². The first-order valence-corrected chi connectivity index (χ1v) is 8.86. The van der Waals surface area contributed by atoms with E-state index in [1.165, 1.54) is 5.56 Å². The summed E-state index contributed by atoms with van der Waals surface area (Å²) in [4.78, 5) is 17.0. The van der Waals surface area contributed by atoms with E-state index in [9.17, 15) is 4.79 Å². The Morgan fingerprint density at radius 2 is 1.93 bits per heavy atom. The van der Waals surface area contributed by atoms with Crippen LogP contribution in [0.3, 0.4) is 0 Å². The van der Waals surface area contributed by atoms with Crippen molar-refractivity contribution in [1.82, 2.24) is 19.7 Å². The predicted molar refractivity (Wildman–Crippen MR) is 104 cm³/mol. The third kappa shape index (κ3) is 3.31. The molecule has 6 nitrogen and oxygen atoms in total. The van der Waals surface area contributed by atoms with Crippen LogP contribution >= 0.6 is 0 Å². The number of nitrogens with zero attached hydrogens (tertiary/aromatic N) is 4. The third-order valence-corrected chi connectivity index (χ3v) is 4.68. The fourth-order valence-corrected chi connectivity index (χ4v) is 3.27. The quantitative estimate of drug-likeness (QED) is 0.492. The lowest BCUT2D eigenvalue weighted by atomic mass is 10.1. The van der Waals surface area contributed by atoms with Gasteiger partial charge in [0.2, 0.25) is 5.65 Å². The van der Waals surface area contributed by atoms with Gasteiger partial charge in [0.25, 0.3) is 0 Å². The summed E-state index contributed by atoms with van der Waals surface area (Å²) in [7, 11) is 1.59. The van der Waals surface area contributed by atoms with Crippen LogP contribution in [0, 0.1) is 6.92 Å². The average molecular weight is 360 g/mol. The number of aromatic nitrogens is 4. The lowest BCUT2D eigenvalue weighted by molar-refractivity contribution is 0.0932. The molecule has 6 heteroatoms. The van der Waals surface area contributed by atoms with Crippen molar-refractivity contribution in [3.05, 3.63) is 65.5 Å². The number of ketones is 1. The summed E-state index contributed by atoms with van der Waals surface area (Å²) in [6, 6.07) is 15.8. The van der Waals surface area contributed by atoms with E-state index >= 15 is 0 Å². The molecule has 0 aliphatic heterocycles. The molecule has 0 aliphatic rings. The van der Waals surface area contributed by atoms with Crippen LogP contribution in [0.2, 0.25) is 0 Å². The number of Topliss-reactive ketones (excluding diaryl/α,β-unsaturated/α-hetero) is 1. The molecule has 0 unspecified atom stereocenters. The Hall–Kier alpha value is -3.12. The Kier molecular flexibility index (Phi) is 4.64. The first kappa shape index (κ1) is 17.3. The van der Waals surface area contributed by atoms with Crippen LogP contribution in [0.4, 0.5) is 0 Å². The summed E-state index contributed by atoms with van der Waals surface area (Å²) in [6.07, 6.45) is 0.353. The zero-order valence-corrected chi connectivity index (χ0v) is 15.3. The topological polar surface area (TPSA) is 69.9 Å². The number of hydrogen-bond acceptors (Lipinski definition) is 5. The number of fused-ring (bicyclic) bond motifs is 3. The lowest BCUT2D eigenvalue weighted by Crippen LogP contribution is -2.05. The SMILES string of the molecule is COCCC(=O)c1ccc2nnc3nc(C)n(Cc4ccccc4)c3c2c1. The molecule has 0 saturated carbocycles. The summed E-state index contributed by atoms with van der Waals surface area (Å²) >= 11 is 0. The minimum absolute atomic E-state index is 0.0505. The number of ether oxygens (including phenoxy) is 1. The Bertz CT molecular complexity index is 1120. The van der Waals surface area contributed by atoms with Gasteiger partial charge in [0, 0.05) is 31.0 Å². The smallest absolute Gasteiger partial charge is 0.200 e. The van der Waals surface area contributed by atoms with Gasteiger partial charge in [-0.3, -0.25) is 4.79 Å². The highest BCUT2D eigenvalue weighted by Crippen LogP contribution is 2.25. The van der Waals surface area contributed by atoms with Crippen molar-refractivity contribution in [3.63, 3.8) is 0 Å². The normalized spacial score (nSPS) is 11.3. The van der Waals surface area contributed by atoms with Crippen molar-refractivity contribution in [3.8, 4) is 0 Å². The van der Waals surface area contributed by atoms with E-state index in [0.29, 0.717) is 30.8 Å². The number of carbonyl (C=O) groups is 1. The molecular formula is C21H20N4O2. The molecule has 0 fully saturated rings. The molecule has 0 amide bonds. The summed E-state index contributed by atoms with van der Waals surface area (Å²) in [5, 5.41) is 9.43. The molecule has 0 N–H and O–H groups in total. The van der Waals surface area contributed by atoms with Gasteiger partial charge in [-0.25, -0.2) is 4.98 Å². The van der Waals surface area contributed by atoms with E-state index in [1.807, 2.05) is 37.3 Å². The molecule has 0 spiro atoms. The molecule has 2 aromatic carbocycles. The number of rotatable bonds is 6. The van der Waals surface area contributed by atoms with Crippen LogP contribution in [0.25, 0.3) is 22.1 Å². The maximum atomic E-state index is 12.4. The van der Waals surface area contributed by atoms with Gasteiger partial charge in [0.1, 0.15) is 5.82 Å². The summed E-state index contributed by atoms with van der Waals surface area (Å²) in [6.45, 7) is 3.06. The number of carbonyl (C=O) groups excluding carboxylic acids is 1. The fourth-order valence-electron chi connectivity index (χ4n) is 3.27. The molecule has 0 atom stereocenters. The van der Waals surface area contributed by atoms with Crippen LogP contribution in [0.1, 0.15) is 28.2 Å². The van der Waals surface area contributed by atoms with Gasteiger partial charge in [-0.1, -0.05) is 30.3 Å². The number of hydrogen-bond donors (Lipinski definition) is 0. The second kappa shape index (κ2) is 7.25. The van der Waals surface area contributed by atoms with Crippen molar-refractivity contribution in [1.29, 1.82) is 0 Å². The molecule has 2 heterocycles. The average Bonchev–Trinajstić information content (AvgIpc) is 3.02. The molecule has 4 aromatic rings. The van der Waals surface area contributed by atoms with Crippen LogP contribution in [-0.4, -0.2) is 39.2 Å². The van der Waals surface area contributed by atoms with E-state index in [2.05, 4.69) is 31.9 Å². The zero-order valence-electron chi connectivity index (χ0n) is 15.3. The van der Waals surface area contributed by atoms with Crippen LogP contribution in [0.15, 0.2) is 48.5 Å². The molecule has 0 bridgehead atoms. The predicted octanol–water partition coefficient (Wildman–Crippen LogP) is 3.56. The molecule has 27 heavy (non-hydrogen) atoms. The molecule has 0 radical (unpaired) electrons. The van der Waals surface area contributed by atoms with Gasteiger partial charge in [-0.2, -0.15) is 0 Å². The largest absolute Gasteiger partial charge is 0.384 e. The molecule has 0 aliphatic carbocycles. The first-order chi connectivity index (χ1) is 13.2. The zero-order chi connectivity index (χ0) is 18.8. The lowest BCUT2D eigenvalue weighted by Gasteiger charge is -2.09. The Morgan fingerprint density at radius 3 is 2.70 bits per heavy atom. The highest BCUT2D eigenvalue weighted by atomic mass is 16.5. The van der Waals surface area contributed by atoms with E-state index in [4.69, 9.17) is 4.74 Å². The van der Waals surface area contributed by atoms with Gasteiger partial charge in [-0.15, -0.1) is 10.2 Å². The van der Waals surface area contributed by atoms with Gasteiger partial charge < -0.3 is 9.30 Å². The van der Waals surface area contributed by atoms with E-state index < -0.39 is 0 Å². The molecule has 2 aromatic heterocycles. The first-order valence-electron chi connectivity index (χ1n) is 8.86. The molecule has 4 rings (SSSR count). The fraction of sp³-hybridized carbons (Fsp3) is 0.238. The second-order valence-corrected chi connectivity index (χ2v) is 6.50. The van der Waals surface area contributed by atoms with Crippen molar-refractivity contribution in [2.24, 2.45) is 0 Å². The van der Waals surface area contributed by atoms with Crippen LogP contribution in [0.5, 0.6) is 0 Å². The maximum Gasteiger partial charge on any atom is 0.200 e. The minimum Gasteiger partial charge on any atom is -0.384 e. The molecular weight excluding hydrogens is 340 g/mol. The third-order valence-electron chi connectivity index (χ3n) is 4.68. The van der Waals surface area contributed by atoms with Crippen molar-refractivity contribution < 1.29 is 9.53 Å². The Labute approximate surface area is 156 Å². The van der Waals surface area contributed by atoms with Crippen LogP contribution < -0.4 is 0 Å². The number of imidazole rings is 1. The summed E-state index contributed by atoms with van der Waals surface area (Å²) < 4.78 is 7.15. The Morgan fingerprint density at radius 1 is 1.11 bits per heavy atom. The van der Waals surface area contributed by atoms with Crippen molar-refractivity contribution >= 4 is 27.9 Å². The number of benzene rings is 2. The van der Waals surface area contributed by atoms with Crippen molar-refractivity contribution in [2.45, 2.75) is 19.9 Å². The number of aryl methyl sites for hydroxylation is 1. The Balaban J connectivity index is 1.87. The highest BCUT2D eigenvalue weighted by molar-refractivity contribution is 6.05. The van der Waals surface area contributed by atoms with Gasteiger partial charge in [0.15, 0.2) is 5.78 Å². The van der Waals surface area contributed by atoms with E-state index in [1.54, 1.807) is 13.2 Å². The van der Waals surface area contributed by atoms with Gasteiger partial charge in [0.05, 0.1) is 17.6 Å². The summed E-state index contributed by atoms with van der Waals surface area (Å²) in [5.74, 6) is 0.918. The molecule has 136 valence electrons. The minimum atomic E-state index is 0.0505. The van der Waals surface area contributed by atoms with Gasteiger partial charge >= 0.3 is 0 Å².